The summed E-state index contributed by atoms with van der Waals surface area (Å²) in [6.45, 7) is 1.11. The van der Waals surface area contributed by atoms with Crippen LogP contribution in [0.1, 0.15) is 6.42 Å². The molecule has 0 fully saturated rings. The Balaban J connectivity index is 1.52. The Morgan fingerprint density at radius 1 is 1.00 bits per heavy atom. The second kappa shape index (κ2) is 8.29. The molecule has 3 rings (SSSR count). The van der Waals surface area contributed by atoms with Crippen LogP contribution in [0, 0.1) is 0 Å². The summed E-state index contributed by atoms with van der Waals surface area (Å²) in [5, 5.41) is 9.69. The van der Waals surface area contributed by atoms with Crippen molar-refractivity contribution in [2.45, 2.75) is 13.0 Å². The van der Waals surface area contributed by atoms with E-state index in [0.29, 0.717) is 12.4 Å². The Kier molecular flexibility index (Phi) is 5.63. The minimum atomic E-state index is -0.987. The molecule has 26 heavy (non-hydrogen) atoms. The molecule has 0 radical (unpaired) electrons. The smallest absolute Gasteiger partial charge is 0.341 e. The molecule has 0 aliphatic carbocycles. The number of nitrogens with zero attached hydrogens (tertiary/aromatic N) is 1. The normalized spacial score (nSPS) is 10.7. The van der Waals surface area contributed by atoms with E-state index >= 15 is 0 Å². The van der Waals surface area contributed by atoms with Crippen LogP contribution in [-0.4, -0.2) is 36.0 Å². The number of hydrogen-bond donors (Lipinski definition) is 1. The number of benzene rings is 2. The lowest BCUT2D eigenvalue weighted by molar-refractivity contribution is -0.139. The fraction of sp³-hybridized carbons (Fsp3) is 0.250. The summed E-state index contributed by atoms with van der Waals surface area (Å²) < 4.78 is 18.2. The fourth-order valence-corrected chi connectivity index (χ4v) is 2.70. The van der Waals surface area contributed by atoms with Gasteiger partial charge in [0, 0.05) is 23.6 Å². The summed E-state index contributed by atoms with van der Waals surface area (Å²) >= 11 is 0. The molecule has 0 aliphatic heterocycles. The van der Waals surface area contributed by atoms with E-state index in [2.05, 4.69) is 4.57 Å². The number of fused-ring (bicyclic) bond motifs is 1. The van der Waals surface area contributed by atoms with Crippen molar-refractivity contribution >= 4 is 16.9 Å². The molecular formula is C20H21NO5. The van der Waals surface area contributed by atoms with Crippen molar-refractivity contribution in [2.75, 3.05) is 20.3 Å². The Morgan fingerprint density at radius 2 is 1.73 bits per heavy atom. The van der Waals surface area contributed by atoms with E-state index in [4.69, 9.17) is 19.3 Å². The van der Waals surface area contributed by atoms with Crippen molar-refractivity contribution in [1.29, 1.82) is 0 Å². The molecule has 1 aromatic heterocycles. The van der Waals surface area contributed by atoms with E-state index < -0.39 is 5.97 Å². The van der Waals surface area contributed by atoms with Crippen LogP contribution in [0.3, 0.4) is 0 Å². The molecule has 0 unspecified atom stereocenters. The van der Waals surface area contributed by atoms with Crippen molar-refractivity contribution in [2.24, 2.45) is 0 Å². The number of aliphatic carboxylic acids is 1. The summed E-state index contributed by atoms with van der Waals surface area (Å²) in [5.41, 5.74) is 1.08. The van der Waals surface area contributed by atoms with Crippen LogP contribution in [0.25, 0.3) is 10.9 Å². The number of hydrogen-bond acceptors (Lipinski definition) is 4. The Morgan fingerprint density at radius 3 is 2.46 bits per heavy atom. The molecule has 2 aromatic carbocycles. The molecule has 3 aromatic rings. The van der Waals surface area contributed by atoms with Gasteiger partial charge in [0.2, 0.25) is 0 Å². The van der Waals surface area contributed by atoms with E-state index in [0.717, 1.165) is 35.4 Å². The average molecular weight is 355 g/mol. The van der Waals surface area contributed by atoms with Gasteiger partial charge in [0.05, 0.1) is 13.7 Å². The standard InChI is InChI=1S/C20H21NO5/c1-24-16-3-5-17(6-4-16)25-12-2-10-21-11-9-15-13-18(7-8-19(15)21)26-14-20(22)23/h3-9,11,13H,2,10,12,14H2,1H3,(H,22,23). The molecular weight excluding hydrogens is 334 g/mol. The number of aryl methyl sites for hydroxylation is 1. The molecule has 0 aliphatic rings. The van der Waals surface area contributed by atoms with E-state index in [9.17, 15) is 4.79 Å². The highest BCUT2D eigenvalue weighted by Crippen LogP contribution is 2.22. The summed E-state index contributed by atoms with van der Waals surface area (Å²) in [6.07, 6.45) is 2.88. The van der Waals surface area contributed by atoms with Gasteiger partial charge in [-0.2, -0.15) is 0 Å². The number of carboxylic acids is 1. The number of rotatable bonds is 9. The first-order valence-corrected chi connectivity index (χ1v) is 8.36. The molecule has 1 N–H and O–H groups in total. The summed E-state index contributed by atoms with van der Waals surface area (Å²) in [5.74, 6) is 1.20. The highest BCUT2D eigenvalue weighted by atomic mass is 16.5. The van der Waals surface area contributed by atoms with Crippen LogP contribution in [0.2, 0.25) is 0 Å². The number of aromatic nitrogens is 1. The molecule has 6 heteroatoms. The second-order valence-electron chi connectivity index (χ2n) is 5.79. The lowest BCUT2D eigenvalue weighted by atomic mass is 10.2. The van der Waals surface area contributed by atoms with E-state index in [-0.39, 0.29) is 6.61 Å². The first-order chi connectivity index (χ1) is 12.7. The zero-order valence-electron chi connectivity index (χ0n) is 14.6. The largest absolute Gasteiger partial charge is 0.497 e. The molecule has 0 saturated carbocycles. The molecule has 6 nitrogen and oxygen atoms in total. The highest BCUT2D eigenvalue weighted by molar-refractivity contribution is 5.81. The number of ether oxygens (including phenoxy) is 3. The zero-order valence-corrected chi connectivity index (χ0v) is 14.6. The Hall–Kier alpha value is -3.15. The maximum atomic E-state index is 10.6. The minimum Gasteiger partial charge on any atom is -0.497 e. The van der Waals surface area contributed by atoms with Gasteiger partial charge in [0.15, 0.2) is 6.61 Å². The lowest BCUT2D eigenvalue weighted by Crippen LogP contribution is -2.09. The molecule has 0 atom stereocenters. The van der Waals surface area contributed by atoms with Crippen LogP contribution < -0.4 is 14.2 Å². The quantitative estimate of drug-likeness (QED) is 0.594. The summed E-state index contributed by atoms with van der Waals surface area (Å²) in [4.78, 5) is 10.6. The van der Waals surface area contributed by atoms with Gasteiger partial charge in [-0.3, -0.25) is 0 Å². The molecule has 1 heterocycles. The Labute approximate surface area is 151 Å². The van der Waals surface area contributed by atoms with Crippen LogP contribution in [-0.2, 0) is 11.3 Å². The highest BCUT2D eigenvalue weighted by Gasteiger charge is 2.05. The van der Waals surface area contributed by atoms with E-state index in [1.54, 1.807) is 13.2 Å². The van der Waals surface area contributed by atoms with Crippen molar-refractivity contribution in [3.8, 4) is 17.2 Å². The predicted molar refractivity (Wildman–Crippen MR) is 98.2 cm³/mol. The maximum absolute atomic E-state index is 10.6. The third kappa shape index (κ3) is 4.47. The van der Waals surface area contributed by atoms with Gasteiger partial charge < -0.3 is 23.9 Å². The molecule has 136 valence electrons. The van der Waals surface area contributed by atoms with Crippen LogP contribution in [0.15, 0.2) is 54.7 Å². The lowest BCUT2D eigenvalue weighted by Gasteiger charge is -2.09. The van der Waals surface area contributed by atoms with Crippen molar-refractivity contribution in [3.63, 3.8) is 0 Å². The Bertz CT molecular complexity index is 870. The number of carbonyl (C=O) groups is 1. The van der Waals surface area contributed by atoms with Crippen LogP contribution in [0.4, 0.5) is 0 Å². The topological polar surface area (TPSA) is 69.9 Å². The van der Waals surface area contributed by atoms with Gasteiger partial charge in [-0.1, -0.05) is 0 Å². The van der Waals surface area contributed by atoms with Gasteiger partial charge in [-0.05, 0) is 55.0 Å². The van der Waals surface area contributed by atoms with Gasteiger partial charge in [0.25, 0.3) is 0 Å². The summed E-state index contributed by atoms with van der Waals surface area (Å²) in [6, 6.07) is 15.1. The first-order valence-electron chi connectivity index (χ1n) is 8.36. The maximum Gasteiger partial charge on any atom is 0.341 e. The fourth-order valence-electron chi connectivity index (χ4n) is 2.70. The van der Waals surface area contributed by atoms with Crippen LogP contribution >= 0.6 is 0 Å². The SMILES string of the molecule is COc1ccc(OCCCn2ccc3cc(OCC(=O)O)ccc32)cc1. The second-order valence-corrected chi connectivity index (χ2v) is 5.79. The van der Waals surface area contributed by atoms with E-state index in [1.165, 1.54) is 0 Å². The van der Waals surface area contributed by atoms with Crippen molar-refractivity contribution < 1.29 is 24.1 Å². The minimum absolute atomic E-state index is 0.338. The van der Waals surface area contributed by atoms with Gasteiger partial charge >= 0.3 is 5.97 Å². The summed E-state index contributed by atoms with van der Waals surface area (Å²) in [7, 11) is 1.64. The van der Waals surface area contributed by atoms with Crippen molar-refractivity contribution in [3.05, 3.63) is 54.7 Å². The first kappa shape index (κ1) is 17.7. The van der Waals surface area contributed by atoms with E-state index in [1.807, 2.05) is 48.7 Å². The molecule has 0 spiro atoms. The van der Waals surface area contributed by atoms with Crippen LogP contribution in [0.5, 0.6) is 17.2 Å². The third-order valence-corrected chi connectivity index (χ3v) is 3.98. The van der Waals surface area contributed by atoms with Gasteiger partial charge in [0.1, 0.15) is 17.2 Å². The van der Waals surface area contributed by atoms with Crippen molar-refractivity contribution in [1.82, 2.24) is 4.57 Å². The third-order valence-electron chi connectivity index (χ3n) is 3.98. The molecule has 0 saturated heterocycles. The monoisotopic (exact) mass is 355 g/mol. The van der Waals surface area contributed by atoms with Gasteiger partial charge in [-0.25, -0.2) is 4.79 Å². The predicted octanol–water partition coefficient (Wildman–Crippen LogP) is 3.58. The molecule has 0 amide bonds. The average Bonchev–Trinajstić information content (AvgIpc) is 3.06. The number of methoxy groups -OCH3 is 1. The zero-order chi connectivity index (χ0) is 18.4. The number of carboxylic acid groups (broad SMARTS) is 1. The van der Waals surface area contributed by atoms with Gasteiger partial charge in [-0.15, -0.1) is 0 Å². The molecule has 0 bridgehead atoms.